The largest absolute Gasteiger partial charge is 0.374 e. The number of fused-ring (bicyclic) bond motifs is 1. The first-order valence-electron chi connectivity index (χ1n) is 6.38. The Balaban J connectivity index is 2.26. The van der Waals surface area contributed by atoms with E-state index in [1.807, 2.05) is 25.1 Å². The van der Waals surface area contributed by atoms with Crippen molar-refractivity contribution in [1.82, 2.24) is 0 Å². The molecule has 2 rings (SSSR count). The van der Waals surface area contributed by atoms with Gasteiger partial charge in [-0.3, -0.25) is 4.79 Å². The maximum atomic E-state index is 12.1. The summed E-state index contributed by atoms with van der Waals surface area (Å²) >= 11 is 0. The fourth-order valence-corrected chi connectivity index (χ4v) is 2.45. The van der Waals surface area contributed by atoms with Crippen molar-refractivity contribution in [1.29, 1.82) is 5.26 Å². The second kappa shape index (κ2) is 5.22. The lowest BCUT2D eigenvalue weighted by Gasteiger charge is -2.27. The number of carbonyl (C=O) groups excluding carboxylic acids is 1. The van der Waals surface area contributed by atoms with E-state index in [-0.39, 0.29) is 18.1 Å². The number of anilines is 1. The van der Waals surface area contributed by atoms with E-state index >= 15 is 0 Å². The number of nitrogens with zero attached hydrogens (tertiary/aromatic N) is 2. The summed E-state index contributed by atoms with van der Waals surface area (Å²) in [7, 11) is 2.08. The summed E-state index contributed by atoms with van der Waals surface area (Å²) in [5, 5.41) is 8.65. The highest BCUT2D eigenvalue weighted by Crippen LogP contribution is 2.27. The molecular weight excluding hydrogens is 224 g/mol. The maximum absolute atomic E-state index is 12.1. The van der Waals surface area contributed by atoms with E-state index in [0.29, 0.717) is 0 Å². The van der Waals surface area contributed by atoms with Gasteiger partial charge in [-0.05, 0) is 36.6 Å². The highest BCUT2D eigenvalue weighted by Gasteiger charge is 2.19. The Morgan fingerprint density at radius 3 is 3.06 bits per heavy atom. The SMILES string of the molecule is CC(CC#N)C(=O)c1ccc2c(c1)CCCN2C. The quantitative estimate of drug-likeness (QED) is 0.765. The van der Waals surface area contributed by atoms with Crippen molar-refractivity contribution in [3.8, 4) is 6.07 Å². The zero-order valence-electron chi connectivity index (χ0n) is 10.9. The number of hydrogen-bond acceptors (Lipinski definition) is 3. The number of Topliss-reactive ketones (excluding diaryl/α,β-unsaturated/α-hetero) is 1. The second-order valence-electron chi connectivity index (χ2n) is 5.00. The van der Waals surface area contributed by atoms with Crippen molar-refractivity contribution < 1.29 is 4.79 Å². The molecule has 94 valence electrons. The molecule has 0 saturated heterocycles. The van der Waals surface area contributed by atoms with Crippen LogP contribution in [-0.4, -0.2) is 19.4 Å². The summed E-state index contributed by atoms with van der Waals surface area (Å²) in [4.78, 5) is 14.4. The minimum Gasteiger partial charge on any atom is -0.374 e. The maximum Gasteiger partial charge on any atom is 0.166 e. The number of aryl methyl sites for hydroxylation is 1. The first-order valence-corrected chi connectivity index (χ1v) is 6.38. The van der Waals surface area contributed by atoms with Crippen LogP contribution in [0, 0.1) is 17.2 Å². The van der Waals surface area contributed by atoms with Crippen molar-refractivity contribution in [3.05, 3.63) is 29.3 Å². The predicted octanol–water partition coefficient (Wildman–Crippen LogP) is 2.80. The number of benzene rings is 1. The molecule has 1 atom stereocenters. The molecule has 1 aliphatic rings. The molecule has 0 saturated carbocycles. The minimum absolute atomic E-state index is 0.0765. The van der Waals surface area contributed by atoms with Crippen molar-refractivity contribution in [2.45, 2.75) is 26.2 Å². The molecule has 0 aromatic heterocycles. The highest BCUT2D eigenvalue weighted by molar-refractivity contribution is 5.98. The smallest absolute Gasteiger partial charge is 0.166 e. The molecule has 0 N–H and O–H groups in total. The van der Waals surface area contributed by atoms with Crippen LogP contribution in [0.2, 0.25) is 0 Å². The Labute approximate surface area is 108 Å². The van der Waals surface area contributed by atoms with Gasteiger partial charge >= 0.3 is 0 Å². The van der Waals surface area contributed by atoms with Crippen molar-refractivity contribution in [2.24, 2.45) is 5.92 Å². The van der Waals surface area contributed by atoms with Gasteiger partial charge in [0.25, 0.3) is 0 Å². The van der Waals surface area contributed by atoms with Gasteiger partial charge in [0, 0.05) is 37.2 Å². The third-order valence-electron chi connectivity index (χ3n) is 3.56. The molecule has 0 spiro atoms. The Morgan fingerprint density at radius 2 is 2.33 bits per heavy atom. The summed E-state index contributed by atoms with van der Waals surface area (Å²) in [5.41, 5.74) is 3.22. The van der Waals surface area contributed by atoms with Gasteiger partial charge in [-0.25, -0.2) is 0 Å². The Kier molecular flexibility index (Phi) is 3.66. The van der Waals surface area contributed by atoms with Crippen LogP contribution in [-0.2, 0) is 6.42 Å². The molecule has 0 amide bonds. The van der Waals surface area contributed by atoms with Gasteiger partial charge in [-0.2, -0.15) is 5.26 Å². The van der Waals surface area contributed by atoms with Crippen LogP contribution >= 0.6 is 0 Å². The molecule has 0 aliphatic carbocycles. The molecular formula is C15H18N2O. The number of carbonyl (C=O) groups is 1. The van der Waals surface area contributed by atoms with E-state index in [4.69, 9.17) is 5.26 Å². The molecule has 18 heavy (non-hydrogen) atoms. The zero-order valence-corrected chi connectivity index (χ0v) is 10.9. The standard InChI is InChI=1S/C15H18N2O/c1-11(7-8-16)15(18)13-5-6-14-12(10-13)4-3-9-17(14)2/h5-6,10-11H,3-4,7,9H2,1-2H3. The van der Waals surface area contributed by atoms with Crippen LogP contribution < -0.4 is 4.90 Å². The Morgan fingerprint density at radius 1 is 1.56 bits per heavy atom. The fourth-order valence-electron chi connectivity index (χ4n) is 2.45. The number of ketones is 1. The first-order chi connectivity index (χ1) is 8.63. The number of hydrogen-bond donors (Lipinski definition) is 0. The Hall–Kier alpha value is -1.82. The van der Waals surface area contributed by atoms with Crippen molar-refractivity contribution in [3.63, 3.8) is 0 Å². The molecule has 3 heteroatoms. The summed E-state index contributed by atoms with van der Waals surface area (Å²) in [6.45, 7) is 2.89. The van der Waals surface area contributed by atoms with Crippen LogP contribution in [0.4, 0.5) is 5.69 Å². The summed E-state index contributed by atoms with van der Waals surface area (Å²) < 4.78 is 0. The molecule has 1 unspecified atom stereocenters. The monoisotopic (exact) mass is 242 g/mol. The van der Waals surface area contributed by atoms with Crippen molar-refractivity contribution >= 4 is 11.5 Å². The normalized spacial score (nSPS) is 15.7. The van der Waals surface area contributed by atoms with Crippen LogP contribution in [0.3, 0.4) is 0 Å². The number of nitriles is 1. The molecule has 1 aromatic rings. The predicted molar refractivity (Wildman–Crippen MR) is 71.8 cm³/mol. The van der Waals surface area contributed by atoms with Gasteiger partial charge in [-0.15, -0.1) is 0 Å². The molecule has 1 aliphatic heterocycles. The topological polar surface area (TPSA) is 44.1 Å². The van der Waals surface area contributed by atoms with E-state index in [2.05, 4.69) is 18.0 Å². The van der Waals surface area contributed by atoms with Crippen LogP contribution in [0.1, 0.15) is 35.7 Å². The minimum atomic E-state index is -0.214. The number of rotatable bonds is 3. The molecule has 0 radical (unpaired) electrons. The van der Waals surface area contributed by atoms with Crippen LogP contribution in [0.25, 0.3) is 0 Å². The molecule has 0 bridgehead atoms. The van der Waals surface area contributed by atoms with Gasteiger partial charge in [0.05, 0.1) is 6.07 Å². The van der Waals surface area contributed by atoms with Crippen molar-refractivity contribution in [2.75, 3.05) is 18.5 Å². The third-order valence-corrected chi connectivity index (χ3v) is 3.56. The van der Waals surface area contributed by atoms with Gasteiger partial charge < -0.3 is 4.90 Å². The van der Waals surface area contributed by atoms with Crippen LogP contribution in [0.5, 0.6) is 0 Å². The van der Waals surface area contributed by atoms with E-state index in [1.54, 1.807) is 0 Å². The average Bonchev–Trinajstić information content (AvgIpc) is 2.38. The lowest BCUT2D eigenvalue weighted by atomic mass is 9.93. The van der Waals surface area contributed by atoms with Gasteiger partial charge in [-0.1, -0.05) is 6.92 Å². The highest BCUT2D eigenvalue weighted by atomic mass is 16.1. The molecule has 1 aromatic carbocycles. The van der Waals surface area contributed by atoms with Gasteiger partial charge in [0.2, 0.25) is 0 Å². The summed E-state index contributed by atoms with van der Waals surface area (Å²) in [6.07, 6.45) is 2.46. The van der Waals surface area contributed by atoms with Gasteiger partial charge in [0.1, 0.15) is 0 Å². The second-order valence-corrected chi connectivity index (χ2v) is 5.00. The Bertz CT molecular complexity index is 502. The third kappa shape index (κ3) is 2.38. The van der Waals surface area contributed by atoms with E-state index < -0.39 is 0 Å². The molecule has 0 fully saturated rings. The van der Waals surface area contributed by atoms with E-state index in [9.17, 15) is 4.79 Å². The van der Waals surface area contributed by atoms with E-state index in [0.717, 1.165) is 24.9 Å². The fraction of sp³-hybridized carbons (Fsp3) is 0.467. The zero-order chi connectivity index (χ0) is 13.1. The van der Waals surface area contributed by atoms with E-state index in [1.165, 1.54) is 11.3 Å². The lowest BCUT2D eigenvalue weighted by Crippen LogP contribution is -2.25. The summed E-state index contributed by atoms with van der Waals surface area (Å²) in [6, 6.07) is 7.97. The van der Waals surface area contributed by atoms with Crippen LogP contribution in [0.15, 0.2) is 18.2 Å². The lowest BCUT2D eigenvalue weighted by molar-refractivity contribution is 0.0932. The molecule has 1 heterocycles. The molecule has 3 nitrogen and oxygen atoms in total. The summed E-state index contributed by atoms with van der Waals surface area (Å²) in [5.74, 6) is -0.137. The van der Waals surface area contributed by atoms with Gasteiger partial charge in [0.15, 0.2) is 5.78 Å². The first kappa shape index (κ1) is 12.6. The average molecular weight is 242 g/mol.